The number of carboxylic acid groups (broad SMARTS) is 1. The van der Waals surface area contributed by atoms with Crippen molar-refractivity contribution < 1.29 is 22.8 Å². The lowest BCUT2D eigenvalue weighted by Gasteiger charge is -1.98. The largest absolute Gasteiger partial charge is 0.481 e. The van der Waals surface area contributed by atoms with Crippen LogP contribution in [0.3, 0.4) is 0 Å². The van der Waals surface area contributed by atoms with Crippen LogP contribution in [0.15, 0.2) is 33.7 Å². The molecule has 2 aromatic rings. The van der Waals surface area contributed by atoms with Gasteiger partial charge >= 0.3 is 5.97 Å². The highest BCUT2D eigenvalue weighted by atomic mass is 32.2. The second-order valence-electron chi connectivity index (χ2n) is 4.20. The van der Waals surface area contributed by atoms with E-state index in [1.54, 1.807) is 12.1 Å². The molecule has 0 spiro atoms. The Morgan fingerprint density at radius 1 is 1.30 bits per heavy atom. The summed E-state index contributed by atoms with van der Waals surface area (Å²) in [5.74, 6) is -0.415. The standard InChI is InChI=1S/C12H12N2O5S/c1-20(17,18)9-4-2-8(3-5-9)12-13-10(19-14-12)6-7-11(15)16/h2-5H,6-7H2,1H3,(H,15,16). The van der Waals surface area contributed by atoms with Gasteiger partial charge in [-0.05, 0) is 24.3 Å². The van der Waals surface area contributed by atoms with Crippen LogP contribution in [0.2, 0.25) is 0 Å². The van der Waals surface area contributed by atoms with Crippen LogP contribution in [0.1, 0.15) is 12.3 Å². The summed E-state index contributed by atoms with van der Waals surface area (Å²) in [6.45, 7) is 0. The summed E-state index contributed by atoms with van der Waals surface area (Å²) >= 11 is 0. The van der Waals surface area contributed by atoms with Crippen LogP contribution in [0.4, 0.5) is 0 Å². The van der Waals surface area contributed by atoms with E-state index in [1.165, 1.54) is 12.1 Å². The number of rotatable bonds is 5. The molecule has 0 amide bonds. The first-order valence-electron chi connectivity index (χ1n) is 5.71. The van der Waals surface area contributed by atoms with Crippen molar-refractivity contribution in [1.82, 2.24) is 10.1 Å². The van der Waals surface area contributed by atoms with E-state index in [0.29, 0.717) is 11.4 Å². The Hall–Kier alpha value is -2.22. The summed E-state index contributed by atoms with van der Waals surface area (Å²) in [5.41, 5.74) is 0.600. The van der Waals surface area contributed by atoms with Crippen molar-refractivity contribution in [3.63, 3.8) is 0 Å². The molecule has 0 aliphatic heterocycles. The van der Waals surface area contributed by atoms with Crippen LogP contribution in [0, 0.1) is 0 Å². The summed E-state index contributed by atoms with van der Waals surface area (Å²) in [4.78, 5) is 14.7. The fraction of sp³-hybridized carbons (Fsp3) is 0.250. The molecule has 0 radical (unpaired) electrons. The number of nitrogens with zero attached hydrogens (tertiary/aromatic N) is 2. The molecule has 2 rings (SSSR count). The quantitative estimate of drug-likeness (QED) is 0.881. The summed E-state index contributed by atoms with van der Waals surface area (Å²) in [5, 5.41) is 12.3. The minimum Gasteiger partial charge on any atom is -0.481 e. The highest BCUT2D eigenvalue weighted by Gasteiger charge is 2.12. The van der Waals surface area contributed by atoms with Gasteiger partial charge in [-0.2, -0.15) is 4.98 Å². The molecule has 1 aromatic carbocycles. The molecule has 0 bridgehead atoms. The molecule has 7 nitrogen and oxygen atoms in total. The van der Waals surface area contributed by atoms with Gasteiger partial charge in [-0.25, -0.2) is 8.42 Å². The van der Waals surface area contributed by atoms with Crippen LogP contribution in [0.25, 0.3) is 11.4 Å². The van der Waals surface area contributed by atoms with E-state index in [1.807, 2.05) is 0 Å². The molecule has 1 N–H and O–H groups in total. The predicted octanol–water partition coefficient (Wildman–Crippen LogP) is 1.16. The third-order valence-corrected chi connectivity index (χ3v) is 3.69. The first-order valence-corrected chi connectivity index (χ1v) is 7.60. The van der Waals surface area contributed by atoms with E-state index in [2.05, 4.69) is 10.1 Å². The minimum absolute atomic E-state index is 0.0886. The number of aryl methyl sites for hydroxylation is 1. The van der Waals surface area contributed by atoms with E-state index in [-0.39, 0.29) is 23.6 Å². The SMILES string of the molecule is CS(=O)(=O)c1ccc(-c2noc(CCC(=O)O)n2)cc1. The first-order chi connectivity index (χ1) is 9.36. The Kier molecular flexibility index (Phi) is 3.84. The van der Waals surface area contributed by atoms with Crippen molar-refractivity contribution in [3.8, 4) is 11.4 Å². The number of sulfone groups is 1. The molecule has 0 saturated heterocycles. The molecule has 0 saturated carbocycles. The molecule has 0 atom stereocenters. The topological polar surface area (TPSA) is 110 Å². The van der Waals surface area contributed by atoms with Gasteiger partial charge in [0, 0.05) is 18.2 Å². The summed E-state index contributed by atoms with van der Waals surface area (Å²) in [6.07, 6.45) is 1.19. The Morgan fingerprint density at radius 2 is 1.95 bits per heavy atom. The van der Waals surface area contributed by atoms with E-state index in [0.717, 1.165) is 6.26 Å². The number of aromatic nitrogens is 2. The predicted molar refractivity (Wildman–Crippen MR) is 68.8 cm³/mol. The summed E-state index contributed by atoms with van der Waals surface area (Å²) in [7, 11) is -3.24. The molecular formula is C12H12N2O5S. The van der Waals surface area contributed by atoms with Gasteiger partial charge in [0.25, 0.3) is 0 Å². The lowest BCUT2D eigenvalue weighted by molar-refractivity contribution is -0.137. The Labute approximate surface area is 115 Å². The van der Waals surface area contributed by atoms with Crippen molar-refractivity contribution in [2.45, 2.75) is 17.7 Å². The number of carboxylic acids is 1. The molecule has 1 aromatic heterocycles. The van der Waals surface area contributed by atoms with E-state index in [4.69, 9.17) is 9.63 Å². The number of benzene rings is 1. The molecule has 0 unspecified atom stereocenters. The van der Waals surface area contributed by atoms with Crippen molar-refractivity contribution >= 4 is 15.8 Å². The monoisotopic (exact) mass is 296 g/mol. The van der Waals surface area contributed by atoms with Gasteiger partial charge in [-0.15, -0.1) is 0 Å². The number of carbonyl (C=O) groups is 1. The zero-order valence-corrected chi connectivity index (χ0v) is 11.4. The molecule has 0 aliphatic rings. The smallest absolute Gasteiger partial charge is 0.303 e. The van der Waals surface area contributed by atoms with Gasteiger partial charge in [0.15, 0.2) is 9.84 Å². The zero-order valence-electron chi connectivity index (χ0n) is 10.6. The van der Waals surface area contributed by atoms with Gasteiger partial charge in [0.1, 0.15) is 0 Å². The maximum absolute atomic E-state index is 11.3. The molecule has 8 heteroatoms. The molecule has 20 heavy (non-hydrogen) atoms. The highest BCUT2D eigenvalue weighted by Crippen LogP contribution is 2.19. The Morgan fingerprint density at radius 3 is 2.50 bits per heavy atom. The van der Waals surface area contributed by atoms with Gasteiger partial charge < -0.3 is 9.63 Å². The Bertz CT molecular complexity index is 719. The third kappa shape index (κ3) is 3.41. The summed E-state index contributed by atoms with van der Waals surface area (Å²) in [6, 6.07) is 6.06. The number of hydrogen-bond acceptors (Lipinski definition) is 6. The van der Waals surface area contributed by atoms with Crippen molar-refractivity contribution in [2.24, 2.45) is 0 Å². The fourth-order valence-electron chi connectivity index (χ4n) is 1.54. The summed E-state index contributed by atoms with van der Waals surface area (Å²) < 4.78 is 27.6. The second-order valence-corrected chi connectivity index (χ2v) is 6.22. The van der Waals surface area contributed by atoms with Crippen LogP contribution >= 0.6 is 0 Å². The molecule has 0 fully saturated rings. The van der Waals surface area contributed by atoms with Gasteiger partial charge in [-0.1, -0.05) is 5.16 Å². The lowest BCUT2D eigenvalue weighted by atomic mass is 10.2. The third-order valence-electron chi connectivity index (χ3n) is 2.56. The van der Waals surface area contributed by atoms with Gasteiger partial charge in [0.2, 0.25) is 11.7 Å². The van der Waals surface area contributed by atoms with Crippen LogP contribution < -0.4 is 0 Å². The van der Waals surface area contributed by atoms with Crippen LogP contribution in [-0.4, -0.2) is 35.9 Å². The van der Waals surface area contributed by atoms with E-state index < -0.39 is 15.8 Å². The van der Waals surface area contributed by atoms with Gasteiger partial charge in [-0.3, -0.25) is 4.79 Å². The maximum atomic E-state index is 11.3. The van der Waals surface area contributed by atoms with E-state index >= 15 is 0 Å². The zero-order chi connectivity index (χ0) is 14.8. The second kappa shape index (κ2) is 5.41. The molecule has 1 heterocycles. The number of aliphatic carboxylic acids is 1. The average Bonchev–Trinajstić information content (AvgIpc) is 2.84. The normalized spacial score (nSPS) is 11.4. The van der Waals surface area contributed by atoms with Crippen molar-refractivity contribution in [1.29, 1.82) is 0 Å². The van der Waals surface area contributed by atoms with Crippen molar-refractivity contribution in [2.75, 3.05) is 6.26 Å². The first kappa shape index (κ1) is 14.2. The molecular weight excluding hydrogens is 284 g/mol. The van der Waals surface area contributed by atoms with Gasteiger partial charge in [0.05, 0.1) is 11.3 Å². The molecule has 0 aliphatic carbocycles. The highest BCUT2D eigenvalue weighted by molar-refractivity contribution is 7.90. The maximum Gasteiger partial charge on any atom is 0.303 e. The Balaban J connectivity index is 2.18. The van der Waals surface area contributed by atoms with Crippen LogP contribution in [0.5, 0.6) is 0 Å². The van der Waals surface area contributed by atoms with E-state index in [9.17, 15) is 13.2 Å². The lowest BCUT2D eigenvalue weighted by Crippen LogP contribution is -1.97. The number of hydrogen-bond donors (Lipinski definition) is 1. The van der Waals surface area contributed by atoms with Crippen LogP contribution in [-0.2, 0) is 21.1 Å². The average molecular weight is 296 g/mol. The van der Waals surface area contributed by atoms with Crippen molar-refractivity contribution in [3.05, 3.63) is 30.2 Å². The minimum atomic E-state index is -3.24. The molecule has 106 valence electrons. The fourth-order valence-corrected chi connectivity index (χ4v) is 2.17.